The lowest BCUT2D eigenvalue weighted by Crippen LogP contribution is -2.08. The van der Waals surface area contributed by atoms with Gasteiger partial charge in [-0.3, -0.25) is 4.79 Å². The molecule has 0 fully saturated rings. The summed E-state index contributed by atoms with van der Waals surface area (Å²) in [7, 11) is 1.28. The van der Waals surface area contributed by atoms with Crippen molar-refractivity contribution < 1.29 is 19.7 Å². The minimum Gasteiger partial charge on any atom is -0.469 e. The van der Waals surface area contributed by atoms with E-state index in [1.165, 1.54) is 7.11 Å². The molecule has 1 aromatic rings. The van der Waals surface area contributed by atoms with Crippen LogP contribution in [0.25, 0.3) is 0 Å². The lowest BCUT2D eigenvalue weighted by Gasteiger charge is -2.10. The Kier molecular flexibility index (Phi) is 4.27. The van der Waals surface area contributed by atoms with Gasteiger partial charge in [-0.1, -0.05) is 24.3 Å². The van der Waals surface area contributed by atoms with Crippen molar-refractivity contribution in [3.63, 3.8) is 0 Å². The van der Waals surface area contributed by atoms with E-state index in [0.717, 1.165) is 0 Å². The fourth-order valence-corrected chi connectivity index (χ4v) is 1.26. The third-order valence-corrected chi connectivity index (χ3v) is 2.11. The summed E-state index contributed by atoms with van der Waals surface area (Å²) < 4.78 is 4.45. The molecule has 15 heavy (non-hydrogen) atoms. The molecule has 0 amide bonds. The highest BCUT2D eigenvalue weighted by molar-refractivity contribution is 5.70. The summed E-state index contributed by atoms with van der Waals surface area (Å²) in [5.41, 5.74) is 1.31. The second-order valence-electron chi connectivity index (χ2n) is 3.20. The molecular formula is C11H14O4. The van der Waals surface area contributed by atoms with Gasteiger partial charge < -0.3 is 14.9 Å². The topological polar surface area (TPSA) is 66.8 Å². The zero-order valence-corrected chi connectivity index (χ0v) is 8.51. The molecule has 2 N–H and O–H groups in total. The summed E-state index contributed by atoms with van der Waals surface area (Å²) in [5, 5.41) is 18.6. The second-order valence-corrected chi connectivity index (χ2v) is 3.20. The van der Waals surface area contributed by atoms with Crippen molar-refractivity contribution in [3.05, 3.63) is 35.4 Å². The summed E-state index contributed by atoms with van der Waals surface area (Å²) in [5.74, 6) is -0.461. The van der Waals surface area contributed by atoms with Gasteiger partial charge >= 0.3 is 5.97 Å². The maximum Gasteiger partial charge on any atom is 0.308 e. The van der Waals surface area contributed by atoms with Gasteiger partial charge in [0.25, 0.3) is 0 Å². The summed E-state index contributed by atoms with van der Waals surface area (Å²) >= 11 is 0. The Balaban J connectivity index is 2.72. The fourth-order valence-electron chi connectivity index (χ4n) is 1.26. The molecule has 0 bridgehead atoms. The van der Waals surface area contributed by atoms with Crippen molar-refractivity contribution in [2.75, 3.05) is 7.11 Å². The number of hydrogen-bond donors (Lipinski definition) is 2. The number of carbonyl (C=O) groups is 1. The van der Waals surface area contributed by atoms with E-state index in [0.29, 0.717) is 11.1 Å². The van der Waals surface area contributed by atoms with Crippen LogP contribution in [0.1, 0.15) is 23.7 Å². The predicted molar refractivity (Wildman–Crippen MR) is 54.0 cm³/mol. The van der Waals surface area contributed by atoms with Crippen LogP contribution in [0.5, 0.6) is 0 Å². The van der Waals surface area contributed by atoms with Gasteiger partial charge in [0.1, 0.15) is 0 Å². The van der Waals surface area contributed by atoms with Crippen LogP contribution >= 0.6 is 0 Å². The van der Waals surface area contributed by atoms with E-state index in [1.54, 1.807) is 24.3 Å². The van der Waals surface area contributed by atoms with E-state index in [-0.39, 0.29) is 13.0 Å². The summed E-state index contributed by atoms with van der Waals surface area (Å²) in [4.78, 5) is 10.9. The van der Waals surface area contributed by atoms with Crippen LogP contribution in [0, 0.1) is 0 Å². The standard InChI is InChI=1S/C11H14O4/c1-15-11(14)6-10(13)9-4-2-3-8(5-9)7-12/h2-5,10,12-13H,6-7H2,1H3. The zero-order chi connectivity index (χ0) is 11.3. The highest BCUT2D eigenvalue weighted by Gasteiger charge is 2.13. The van der Waals surface area contributed by atoms with Gasteiger partial charge in [-0.25, -0.2) is 0 Å². The Morgan fingerprint density at radius 3 is 2.87 bits per heavy atom. The number of hydrogen-bond acceptors (Lipinski definition) is 4. The molecule has 0 aromatic heterocycles. The third-order valence-electron chi connectivity index (χ3n) is 2.11. The molecule has 82 valence electrons. The molecule has 1 atom stereocenters. The SMILES string of the molecule is COC(=O)CC(O)c1cccc(CO)c1. The maximum atomic E-state index is 10.9. The van der Waals surface area contributed by atoms with Crippen molar-refractivity contribution in [2.24, 2.45) is 0 Å². The number of aliphatic hydroxyl groups is 2. The molecule has 1 aromatic carbocycles. The molecule has 1 rings (SSSR count). The lowest BCUT2D eigenvalue weighted by atomic mass is 10.0. The average Bonchev–Trinajstić information content (AvgIpc) is 2.28. The Morgan fingerprint density at radius 2 is 2.27 bits per heavy atom. The van der Waals surface area contributed by atoms with Gasteiger partial charge in [0.05, 0.1) is 26.2 Å². The first-order chi connectivity index (χ1) is 7.17. The zero-order valence-electron chi connectivity index (χ0n) is 8.51. The van der Waals surface area contributed by atoms with E-state index in [2.05, 4.69) is 4.74 Å². The normalized spacial score (nSPS) is 12.2. The highest BCUT2D eigenvalue weighted by Crippen LogP contribution is 2.18. The first-order valence-corrected chi connectivity index (χ1v) is 4.62. The quantitative estimate of drug-likeness (QED) is 0.720. The van der Waals surface area contributed by atoms with E-state index < -0.39 is 12.1 Å². The summed E-state index contributed by atoms with van der Waals surface area (Å²) in [6.45, 7) is -0.0845. The van der Waals surface area contributed by atoms with E-state index in [4.69, 9.17) is 5.11 Å². The van der Waals surface area contributed by atoms with Gasteiger partial charge in [-0.05, 0) is 11.1 Å². The number of methoxy groups -OCH3 is 1. The molecule has 0 radical (unpaired) electrons. The minimum atomic E-state index is -0.885. The van der Waals surface area contributed by atoms with E-state index >= 15 is 0 Å². The van der Waals surface area contributed by atoms with Crippen LogP contribution in [0.3, 0.4) is 0 Å². The molecule has 4 heteroatoms. The Hall–Kier alpha value is -1.39. The fraction of sp³-hybridized carbons (Fsp3) is 0.364. The van der Waals surface area contributed by atoms with Crippen molar-refractivity contribution >= 4 is 5.97 Å². The molecular weight excluding hydrogens is 196 g/mol. The van der Waals surface area contributed by atoms with E-state index in [9.17, 15) is 9.90 Å². The molecule has 0 aliphatic heterocycles. The first kappa shape index (κ1) is 11.7. The molecule has 0 saturated heterocycles. The number of ether oxygens (including phenoxy) is 1. The first-order valence-electron chi connectivity index (χ1n) is 4.62. The smallest absolute Gasteiger partial charge is 0.308 e. The number of carbonyl (C=O) groups excluding carboxylic acids is 1. The third kappa shape index (κ3) is 3.34. The average molecular weight is 210 g/mol. The van der Waals surface area contributed by atoms with Crippen LogP contribution in [-0.4, -0.2) is 23.3 Å². The predicted octanol–water partition coefficient (Wildman–Crippen LogP) is 0.775. The Morgan fingerprint density at radius 1 is 1.53 bits per heavy atom. The van der Waals surface area contributed by atoms with E-state index in [1.807, 2.05) is 0 Å². The van der Waals surface area contributed by atoms with Gasteiger partial charge in [0, 0.05) is 0 Å². The number of aliphatic hydroxyl groups excluding tert-OH is 2. The molecule has 4 nitrogen and oxygen atoms in total. The van der Waals surface area contributed by atoms with Gasteiger partial charge in [-0.15, -0.1) is 0 Å². The van der Waals surface area contributed by atoms with Crippen LogP contribution in [0.2, 0.25) is 0 Å². The van der Waals surface area contributed by atoms with Crippen molar-refractivity contribution in [2.45, 2.75) is 19.1 Å². The number of esters is 1. The molecule has 1 unspecified atom stereocenters. The molecule has 0 heterocycles. The largest absolute Gasteiger partial charge is 0.469 e. The second kappa shape index (κ2) is 5.48. The Bertz CT molecular complexity index is 335. The van der Waals surface area contributed by atoms with Crippen molar-refractivity contribution in [1.29, 1.82) is 0 Å². The molecule has 0 aliphatic carbocycles. The molecule has 0 aliphatic rings. The van der Waals surface area contributed by atoms with Gasteiger partial charge in [0.15, 0.2) is 0 Å². The monoisotopic (exact) mass is 210 g/mol. The van der Waals surface area contributed by atoms with Gasteiger partial charge in [0.2, 0.25) is 0 Å². The van der Waals surface area contributed by atoms with Crippen LogP contribution in [-0.2, 0) is 16.1 Å². The maximum absolute atomic E-state index is 10.9. The molecule has 0 saturated carbocycles. The van der Waals surface area contributed by atoms with Crippen LogP contribution < -0.4 is 0 Å². The lowest BCUT2D eigenvalue weighted by molar-refractivity contribution is -0.142. The number of rotatable bonds is 4. The van der Waals surface area contributed by atoms with Crippen LogP contribution in [0.4, 0.5) is 0 Å². The Labute approximate surface area is 88.1 Å². The van der Waals surface area contributed by atoms with Crippen LogP contribution in [0.15, 0.2) is 24.3 Å². The summed E-state index contributed by atoms with van der Waals surface area (Å²) in [6.07, 6.45) is -0.963. The van der Waals surface area contributed by atoms with Crippen molar-refractivity contribution in [1.82, 2.24) is 0 Å². The summed E-state index contributed by atoms with van der Waals surface area (Å²) in [6, 6.07) is 6.83. The van der Waals surface area contributed by atoms with Gasteiger partial charge in [-0.2, -0.15) is 0 Å². The van der Waals surface area contributed by atoms with Crippen molar-refractivity contribution in [3.8, 4) is 0 Å². The number of benzene rings is 1. The molecule has 0 spiro atoms. The highest BCUT2D eigenvalue weighted by atomic mass is 16.5. The minimum absolute atomic E-state index is 0.0780.